The summed E-state index contributed by atoms with van der Waals surface area (Å²) in [4.78, 5) is 61.4. The van der Waals surface area contributed by atoms with Crippen molar-refractivity contribution in [1.82, 2.24) is 20.0 Å². The first-order valence-corrected chi connectivity index (χ1v) is 16.3. The Morgan fingerprint density at radius 3 is 2.54 bits per heavy atom. The number of nitrogens with one attached hydrogen (secondary N) is 1. The summed E-state index contributed by atoms with van der Waals surface area (Å²) in [6.07, 6.45) is 6.38. The van der Waals surface area contributed by atoms with Crippen LogP contribution in [0.5, 0.6) is 0 Å². The molecule has 1 aromatic carbocycles. The van der Waals surface area contributed by atoms with Crippen molar-refractivity contribution in [3.05, 3.63) is 60.2 Å². The highest BCUT2D eigenvalue weighted by molar-refractivity contribution is 5.99. The van der Waals surface area contributed by atoms with Crippen LogP contribution in [0.1, 0.15) is 38.4 Å². The lowest BCUT2D eigenvalue weighted by molar-refractivity contribution is -0.162. The number of aliphatic hydroxyl groups is 1. The predicted octanol–water partition coefficient (Wildman–Crippen LogP) is 0.818. The van der Waals surface area contributed by atoms with Crippen LogP contribution in [-0.2, 0) is 33.4 Å². The van der Waals surface area contributed by atoms with Gasteiger partial charge in [-0.1, -0.05) is 54.6 Å². The van der Waals surface area contributed by atoms with E-state index in [0.717, 1.165) is 13.1 Å². The first-order valence-electron chi connectivity index (χ1n) is 16.3. The summed E-state index contributed by atoms with van der Waals surface area (Å²) in [6.45, 7) is 7.17. The van der Waals surface area contributed by atoms with Crippen LogP contribution in [0.2, 0.25) is 0 Å². The lowest BCUT2D eigenvalue weighted by atomic mass is 9.74. The predicted molar refractivity (Wildman–Crippen MR) is 166 cm³/mol. The molecule has 5 aliphatic heterocycles. The largest absolute Gasteiger partial charge is 0.455 e. The van der Waals surface area contributed by atoms with Crippen molar-refractivity contribution in [2.75, 3.05) is 52.5 Å². The average Bonchev–Trinajstić information content (AvgIpc) is 3.71. The number of hydrogen-bond donors (Lipinski definition) is 2. The fraction of sp³-hybridized carbons (Fsp3) is 0.588. The number of amides is 3. The van der Waals surface area contributed by atoms with Crippen molar-refractivity contribution >= 4 is 23.7 Å². The van der Waals surface area contributed by atoms with Crippen molar-refractivity contribution < 1.29 is 38.5 Å². The number of hydrogen-bond acceptors (Lipinski definition) is 9. The number of benzene rings is 1. The van der Waals surface area contributed by atoms with E-state index in [2.05, 4.69) is 10.2 Å². The second kappa shape index (κ2) is 13.6. The Morgan fingerprint density at radius 1 is 1.04 bits per heavy atom. The molecule has 5 bridgehead atoms. The molecule has 248 valence electrons. The van der Waals surface area contributed by atoms with Gasteiger partial charge in [0.05, 0.1) is 43.9 Å². The van der Waals surface area contributed by atoms with Crippen LogP contribution in [0.3, 0.4) is 0 Å². The van der Waals surface area contributed by atoms with Gasteiger partial charge in [-0.3, -0.25) is 24.1 Å². The summed E-state index contributed by atoms with van der Waals surface area (Å²) in [7, 11) is 0. The number of allylic oxidation sites excluding steroid dienone is 1. The summed E-state index contributed by atoms with van der Waals surface area (Å²) in [5.41, 5.74) is -0.684. The third-order valence-electron chi connectivity index (χ3n) is 9.90. The molecule has 46 heavy (non-hydrogen) atoms. The van der Waals surface area contributed by atoms with Gasteiger partial charge in [-0.2, -0.15) is 0 Å². The molecule has 12 heteroatoms. The Hall–Kier alpha value is -3.58. The maximum Gasteiger partial charge on any atom is 0.313 e. The molecule has 0 saturated carbocycles. The third kappa shape index (κ3) is 5.99. The quantitative estimate of drug-likeness (QED) is 0.343. The van der Waals surface area contributed by atoms with Gasteiger partial charge in [0.15, 0.2) is 0 Å². The molecule has 2 N–H and O–H groups in total. The maximum absolute atomic E-state index is 14.7. The van der Waals surface area contributed by atoms with Gasteiger partial charge in [0.25, 0.3) is 0 Å². The van der Waals surface area contributed by atoms with Crippen LogP contribution < -0.4 is 5.32 Å². The number of nitrogens with zero attached hydrogens (tertiary/aromatic N) is 3. The van der Waals surface area contributed by atoms with E-state index in [-0.39, 0.29) is 31.4 Å². The Bertz CT molecular complexity index is 1360. The molecule has 1 spiro atoms. The number of carbonyl (C=O) groups is 4. The van der Waals surface area contributed by atoms with Crippen molar-refractivity contribution in [1.29, 1.82) is 0 Å². The number of ether oxygens (including phenoxy) is 3. The minimum Gasteiger partial charge on any atom is -0.455 e. The van der Waals surface area contributed by atoms with E-state index < -0.39 is 59.6 Å². The van der Waals surface area contributed by atoms with Crippen LogP contribution in [0.4, 0.5) is 0 Å². The number of carbonyl (C=O) groups excluding carboxylic acids is 4. The van der Waals surface area contributed by atoms with Gasteiger partial charge in [0.1, 0.15) is 23.7 Å². The molecule has 6 rings (SSSR count). The molecule has 5 heterocycles. The zero-order valence-corrected chi connectivity index (χ0v) is 26.5. The molecular formula is C34H44N4O8. The number of esters is 1. The SMILES string of the molecule is C[C@@H]1NC(=O)CC/C=C\CN(CCN2CCOCC2)C(=O)[C@H]2N([C@H](C)CO)C(=O)[C@@H]3[C@@H](C(=O)O[C@H]1c1ccccc1)[C@H]1C=C[C@]32O1. The number of fused-ring (bicyclic) bond motifs is 2. The van der Waals surface area contributed by atoms with Crippen molar-refractivity contribution in [2.45, 2.75) is 62.6 Å². The third-order valence-corrected chi connectivity index (χ3v) is 9.90. The zero-order chi connectivity index (χ0) is 32.4. The van der Waals surface area contributed by atoms with E-state index in [4.69, 9.17) is 14.2 Å². The van der Waals surface area contributed by atoms with Crippen LogP contribution in [0, 0.1) is 11.8 Å². The van der Waals surface area contributed by atoms with E-state index in [1.165, 1.54) is 4.90 Å². The molecule has 0 radical (unpaired) electrons. The van der Waals surface area contributed by atoms with Gasteiger partial charge in [0.2, 0.25) is 17.7 Å². The van der Waals surface area contributed by atoms with Gasteiger partial charge < -0.3 is 34.4 Å². The molecule has 0 aliphatic carbocycles. The molecule has 0 aromatic heterocycles. The van der Waals surface area contributed by atoms with Gasteiger partial charge >= 0.3 is 5.97 Å². The smallest absolute Gasteiger partial charge is 0.313 e. The summed E-state index contributed by atoms with van der Waals surface area (Å²) in [6, 6.07) is 6.85. The summed E-state index contributed by atoms with van der Waals surface area (Å²) >= 11 is 0. The fourth-order valence-corrected chi connectivity index (χ4v) is 7.51. The topological polar surface area (TPSA) is 138 Å². The number of rotatable bonds is 6. The number of morpholine rings is 1. The lowest BCUT2D eigenvalue weighted by Gasteiger charge is -2.38. The van der Waals surface area contributed by atoms with Crippen molar-refractivity contribution in [3.63, 3.8) is 0 Å². The Kier molecular flexibility index (Phi) is 9.60. The van der Waals surface area contributed by atoms with Crippen molar-refractivity contribution in [2.24, 2.45) is 11.8 Å². The van der Waals surface area contributed by atoms with Gasteiger partial charge in [0, 0.05) is 39.1 Å². The van der Waals surface area contributed by atoms with E-state index >= 15 is 0 Å². The highest BCUT2D eigenvalue weighted by atomic mass is 16.6. The Labute approximate surface area is 269 Å². The minimum absolute atomic E-state index is 0.188. The van der Waals surface area contributed by atoms with Gasteiger partial charge in [-0.25, -0.2) is 0 Å². The Balaban J connectivity index is 1.37. The lowest BCUT2D eigenvalue weighted by Crippen LogP contribution is -2.58. The van der Waals surface area contributed by atoms with E-state index in [0.29, 0.717) is 38.3 Å². The number of cyclic esters (lactones) is 1. The highest BCUT2D eigenvalue weighted by Gasteiger charge is 2.74. The Morgan fingerprint density at radius 2 is 1.80 bits per heavy atom. The molecule has 0 unspecified atom stereocenters. The van der Waals surface area contributed by atoms with Crippen LogP contribution >= 0.6 is 0 Å². The second-order valence-corrected chi connectivity index (χ2v) is 12.9. The summed E-state index contributed by atoms with van der Waals surface area (Å²) in [5.74, 6) is -3.57. The summed E-state index contributed by atoms with van der Waals surface area (Å²) in [5, 5.41) is 13.2. The van der Waals surface area contributed by atoms with Crippen molar-refractivity contribution in [3.8, 4) is 0 Å². The van der Waals surface area contributed by atoms with Crippen LogP contribution in [0.15, 0.2) is 54.6 Å². The minimum atomic E-state index is -1.39. The average molecular weight is 637 g/mol. The first-order chi connectivity index (χ1) is 22.2. The molecular weight excluding hydrogens is 592 g/mol. The molecule has 3 amide bonds. The highest BCUT2D eigenvalue weighted by Crippen LogP contribution is 2.56. The van der Waals surface area contributed by atoms with E-state index in [1.54, 1.807) is 30.9 Å². The molecule has 3 fully saturated rings. The molecule has 1 aromatic rings. The van der Waals surface area contributed by atoms with E-state index in [1.807, 2.05) is 42.5 Å². The fourth-order valence-electron chi connectivity index (χ4n) is 7.51. The first kappa shape index (κ1) is 32.4. The van der Waals surface area contributed by atoms with Gasteiger partial charge in [-0.15, -0.1) is 0 Å². The maximum atomic E-state index is 14.7. The van der Waals surface area contributed by atoms with Gasteiger partial charge in [-0.05, 0) is 25.8 Å². The normalized spacial score (nSPS) is 35.2. The zero-order valence-electron chi connectivity index (χ0n) is 26.5. The molecule has 5 aliphatic rings. The van der Waals surface area contributed by atoms with Crippen LogP contribution in [0.25, 0.3) is 0 Å². The number of aliphatic hydroxyl groups excluding tert-OH is 1. The standard InChI is InChI=1S/C34H44N4O8/c1-22(21-39)38-30-32(42)37(16-15-36-17-19-44-20-18-36)14-8-4-7-11-26(40)35-23(2)29(24-9-5-3-6-10-24)45-33(43)27-25-12-13-34(30,46-25)28(27)31(38)41/h3-6,8-10,12-13,22-23,25,27-30,39H,7,11,14-21H2,1-2H3,(H,35,40)/b8-4-/t22-,23+,25-,27+,28+,29-,30-,34+/m1/s1. The molecule has 8 atom stereocenters. The molecule has 3 saturated heterocycles. The monoisotopic (exact) mass is 636 g/mol. The summed E-state index contributed by atoms with van der Waals surface area (Å²) < 4.78 is 18.2. The number of likely N-dealkylation sites (tertiary alicyclic amines) is 1. The van der Waals surface area contributed by atoms with E-state index in [9.17, 15) is 24.3 Å². The van der Waals surface area contributed by atoms with Crippen LogP contribution in [-0.4, -0.2) is 126 Å². The molecule has 12 nitrogen and oxygen atoms in total. The second-order valence-electron chi connectivity index (χ2n) is 12.9.